The van der Waals surface area contributed by atoms with E-state index in [1.54, 1.807) is 4.90 Å². The minimum absolute atomic E-state index is 0.138. The molecule has 1 aromatic rings. The Hall–Kier alpha value is -2.03. The fraction of sp³-hybridized carbons (Fsp3) is 0.500. The van der Waals surface area contributed by atoms with Crippen LogP contribution in [0.1, 0.15) is 34.7 Å². The van der Waals surface area contributed by atoms with E-state index >= 15 is 0 Å². The van der Waals surface area contributed by atoms with Crippen LogP contribution in [-0.4, -0.2) is 59.4 Å². The molecule has 122 valence electrons. The minimum Gasteiger partial charge on any atom is -0.335 e. The molecule has 0 atom stereocenters. The molecule has 22 heavy (non-hydrogen) atoms. The number of nitrogens with one attached hydrogen (secondary N) is 1. The quantitative estimate of drug-likeness (QED) is 0.389. The van der Waals surface area contributed by atoms with Gasteiger partial charge in [-0.1, -0.05) is 13.8 Å². The normalized spacial score (nSPS) is 14.8. The predicted octanol–water partition coefficient (Wildman–Crippen LogP) is -0.615. The van der Waals surface area contributed by atoms with Gasteiger partial charge in [-0.05, 0) is 12.1 Å². The number of nitrogens with two attached hydrogens (primary N) is 2. The Morgan fingerprint density at radius 1 is 1.23 bits per heavy atom. The Balaban J connectivity index is 0.00000116. The number of nitrogen functional groups attached to an aromatic ring is 1. The molecule has 1 saturated heterocycles. The lowest BCUT2D eigenvalue weighted by Gasteiger charge is -2.33. The van der Waals surface area contributed by atoms with Crippen molar-refractivity contribution in [2.24, 2.45) is 11.6 Å². The lowest BCUT2D eigenvalue weighted by Crippen LogP contribution is -2.50. The molecule has 0 radical (unpaired) electrons. The fourth-order valence-corrected chi connectivity index (χ4v) is 2.03. The highest BCUT2D eigenvalue weighted by Gasteiger charge is 2.22. The number of aromatic nitrogens is 1. The highest BCUT2D eigenvalue weighted by Crippen LogP contribution is 2.07. The second-order valence-corrected chi connectivity index (χ2v) is 4.50. The van der Waals surface area contributed by atoms with Crippen molar-refractivity contribution < 1.29 is 9.59 Å². The number of rotatable bonds is 3. The molecule has 0 unspecified atom stereocenters. The molecule has 0 saturated carbocycles. The van der Waals surface area contributed by atoms with Gasteiger partial charge in [-0.25, -0.2) is 5.84 Å². The first-order chi connectivity index (χ1) is 10.7. The Labute approximate surface area is 130 Å². The zero-order chi connectivity index (χ0) is 16.5. The Morgan fingerprint density at radius 3 is 2.32 bits per heavy atom. The van der Waals surface area contributed by atoms with Gasteiger partial charge < -0.3 is 10.6 Å². The summed E-state index contributed by atoms with van der Waals surface area (Å²) in [6.07, 6.45) is 1.34. The third-order valence-corrected chi connectivity index (χ3v) is 3.29. The molecule has 0 aliphatic carbocycles. The summed E-state index contributed by atoms with van der Waals surface area (Å²) in [5.41, 5.74) is 8.21. The van der Waals surface area contributed by atoms with Crippen molar-refractivity contribution in [3.05, 3.63) is 29.6 Å². The second-order valence-electron chi connectivity index (χ2n) is 4.50. The molecule has 5 N–H and O–H groups in total. The van der Waals surface area contributed by atoms with E-state index in [2.05, 4.69) is 9.88 Å². The van der Waals surface area contributed by atoms with Crippen molar-refractivity contribution in [3.63, 3.8) is 0 Å². The second kappa shape index (κ2) is 9.08. The van der Waals surface area contributed by atoms with Gasteiger partial charge in [0, 0.05) is 39.0 Å². The minimum atomic E-state index is -0.437. The van der Waals surface area contributed by atoms with Crippen molar-refractivity contribution in [3.8, 4) is 0 Å². The van der Waals surface area contributed by atoms with Crippen molar-refractivity contribution >= 4 is 11.8 Å². The molecule has 0 bridgehead atoms. The van der Waals surface area contributed by atoms with Gasteiger partial charge in [-0.3, -0.25) is 24.9 Å². The van der Waals surface area contributed by atoms with Gasteiger partial charge in [-0.2, -0.15) is 0 Å². The van der Waals surface area contributed by atoms with Gasteiger partial charge in [-0.15, -0.1) is 0 Å². The predicted molar refractivity (Wildman–Crippen MR) is 83.8 cm³/mol. The van der Waals surface area contributed by atoms with E-state index in [1.807, 2.05) is 19.3 Å². The summed E-state index contributed by atoms with van der Waals surface area (Å²) in [6.45, 7) is 7.28. The SMILES string of the molecule is CC.NCN1CCN(C(=O)c2ccc(C(=O)NN)cn2)CC1. The number of nitrogens with zero attached hydrogens (tertiary/aromatic N) is 3. The van der Waals surface area contributed by atoms with Crippen LogP contribution in [0.3, 0.4) is 0 Å². The number of piperazine rings is 1. The molecule has 1 fully saturated rings. The van der Waals surface area contributed by atoms with E-state index in [0.29, 0.717) is 31.0 Å². The first-order valence-corrected chi connectivity index (χ1v) is 7.34. The van der Waals surface area contributed by atoms with Crippen LogP contribution in [0, 0.1) is 0 Å². The van der Waals surface area contributed by atoms with E-state index < -0.39 is 5.91 Å². The number of carbonyl (C=O) groups excluding carboxylic acids is 2. The molecule has 2 heterocycles. The third-order valence-electron chi connectivity index (χ3n) is 3.29. The molecule has 1 aliphatic rings. The van der Waals surface area contributed by atoms with Crippen LogP contribution in [0.4, 0.5) is 0 Å². The van der Waals surface area contributed by atoms with Crippen LogP contribution in [0.5, 0.6) is 0 Å². The van der Waals surface area contributed by atoms with Gasteiger partial charge in [0.1, 0.15) is 5.69 Å². The van der Waals surface area contributed by atoms with Crippen LogP contribution in [0.15, 0.2) is 18.3 Å². The fourth-order valence-electron chi connectivity index (χ4n) is 2.03. The van der Waals surface area contributed by atoms with E-state index in [-0.39, 0.29) is 5.91 Å². The maximum absolute atomic E-state index is 12.2. The lowest BCUT2D eigenvalue weighted by atomic mass is 10.2. The van der Waals surface area contributed by atoms with Crippen molar-refractivity contribution in [1.82, 2.24) is 20.2 Å². The van der Waals surface area contributed by atoms with Crippen LogP contribution in [-0.2, 0) is 0 Å². The maximum Gasteiger partial charge on any atom is 0.272 e. The average molecular weight is 308 g/mol. The number of hydrogen-bond acceptors (Lipinski definition) is 6. The summed E-state index contributed by atoms with van der Waals surface area (Å²) in [5.74, 6) is 4.45. The summed E-state index contributed by atoms with van der Waals surface area (Å²) >= 11 is 0. The molecule has 2 amide bonds. The van der Waals surface area contributed by atoms with Gasteiger partial charge in [0.15, 0.2) is 0 Å². The van der Waals surface area contributed by atoms with E-state index in [1.165, 1.54) is 18.3 Å². The highest BCUT2D eigenvalue weighted by molar-refractivity contribution is 5.96. The largest absolute Gasteiger partial charge is 0.335 e. The van der Waals surface area contributed by atoms with Gasteiger partial charge in [0.05, 0.1) is 5.56 Å². The molecule has 0 aromatic carbocycles. The maximum atomic E-state index is 12.2. The van der Waals surface area contributed by atoms with Crippen molar-refractivity contribution in [1.29, 1.82) is 0 Å². The van der Waals surface area contributed by atoms with Crippen LogP contribution >= 0.6 is 0 Å². The molecule has 1 aromatic heterocycles. The smallest absolute Gasteiger partial charge is 0.272 e. The van der Waals surface area contributed by atoms with Crippen molar-refractivity contribution in [2.75, 3.05) is 32.8 Å². The first-order valence-electron chi connectivity index (χ1n) is 7.34. The van der Waals surface area contributed by atoms with Crippen LogP contribution in [0.25, 0.3) is 0 Å². The average Bonchev–Trinajstić information content (AvgIpc) is 2.62. The first kappa shape index (κ1) is 18.0. The van der Waals surface area contributed by atoms with Crippen molar-refractivity contribution in [2.45, 2.75) is 13.8 Å². The third kappa shape index (κ3) is 4.48. The lowest BCUT2D eigenvalue weighted by molar-refractivity contribution is 0.0634. The standard InChI is InChI=1S/C12H18N6O2.C2H6/c13-8-17-3-5-18(6-4-17)12(20)10-2-1-9(7-15-10)11(19)16-14;1-2/h1-2,7H,3-6,8,13-14H2,(H,16,19);1-2H3. The molecule has 1 aliphatic heterocycles. The molecule has 8 nitrogen and oxygen atoms in total. The summed E-state index contributed by atoms with van der Waals surface area (Å²) in [4.78, 5) is 31.3. The molecular formula is C14H24N6O2. The Kier molecular flexibility index (Phi) is 7.44. The zero-order valence-corrected chi connectivity index (χ0v) is 13.1. The van der Waals surface area contributed by atoms with E-state index in [4.69, 9.17) is 11.6 Å². The monoisotopic (exact) mass is 308 g/mol. The number of amides is 2. The summed E-state index contributed by atoms with van der Waals surface area (Å²) in [7, 11) is 0. The number of pyridine rings is 1. The summed E-state index contributed by atoms with van der Waals surface area (Å²) in [6, 6.07) is 3.06. The zero-order valence-electron chi connectivity index (χ0n) is 13.1. The molecule has 8 heteroatoms. The number of hydrazine groups is 1. The Bertz CT molecular complexity index is 483. The number of carbonyl (C=O) groups is 2. The molecular weight excluding hydrogens is 284 g/mol. The highest BCUT2D eigenvalue weighted by atomic mass is 16.2. The topological polar surface area (TPSA) is 118 Å². The summed E-state index contributed by atoms with van der Waals surface area (Å²) < 4.78 is 0. The van der Waals surface area contributed by atoms with Gasteiger partial charge in [0.2, 0.25) is 0 Å². The molecule has 2 rings (SSSR count). The van der Waals surface area contributed by atoms with Crippen LogP contribution in [0.2, 0.25) is 0 Å². The summed E-state index contributed by atoms with van der Waals surface area (Å²) in [5, 5.41) is 0. The van der Waals surface area contributed by atoms with E-state index in [0.717, 1.165) is 13.1 Å². The Morgan fingerprint density at radius 2 is 1.86 bits per heavy atom. The van der Waals surface area contributed by atoms with Gasteiger partial charge in [0.25, 0.3) is 11.8 Å². The van der Waals surface area contributed by atoms with Crippen LogP contribution < -0.4 is 17.0 Å². The molecule has 0 spiro atoms. The van der Waals surface area contributed by atoms with Gasteiger partial charge >= 0.3 is 0 Å². The van der Waals surface area contributed by atoms with E-state index in [9.17, 15) is 9.59 Å². The number of hydrogen-bond donors (Lipinski definition) is 3.